The number of benzene rings is 1. The number of nitrogens with two attached hydrogens (primary N) is 1. The number of hydrogen-bond donors (Lipinski definition) is 2. The lowest BCUT2D eigenvalue weighted by Crippen LogP contribution is -2.16. The summed E-state index contributed by atoms with van der Waals surface area (Å²) in [7, 11) is 2.94. The number of rotatable bonds is 3. The number of nitrogens with zero attached hydrogens (tertiary/aromatic N) is 2. The van der Waals surface area contributed by atoms with Gasteiger partial charge in [-0.25, -0.2) is 0 Å². The van der Waals surface area contributed by atoms with E-state index < -0.39 is 5.56 Å². The number of aromatic nitrogens is 1. The third-order valence-corrected chi connectivity index (χ3v) is 3.15. The lowest BCUT2D eigenvalue weighted by Gasteiger charge is -2.13. The van der Waals surface area contributed by atoms with Crippen LogP contribution in [0.4, 0.5) is 5.82 Å². The molecule has 2 aromatic rings. The molecule has 3 N–H and O–H groups in total. The lowest BCUT2D eigenvalue weighted by molar-refractivity contribution is 0.395. The minimum absolute atomic E-state index is 0.0135. The molecule has 0 atom stereocenters. The molecule has 0 aliphatic heterocycles. The van der Waals surface area contributed by atoms with Gasteiger partial charge < -0.3 is 20.2 Å². The molecule has 2 rings (SSSR count). The summed E-state index contributed by atoms with van der Waals surface area (Å²) in [5, 5.41) is 18.6. The Balaban J connectivity index is 2.92. The van der Waals surface area contributed by atoms with E-state index in [-0.39, 0.29) is 22.5 Å². The number of anilines is 1. The van der Waals surface area contributed by atoms with Gasteiger partial charge in [0.1, 0.15) is 40.6 Å². The molecule has 1 aromatic heterocycles. The summed E-state index contributed by atoms with van der Waals surface area (Å²) in [5.74, 6) is 0.798. The predicted octanol–water partition coefficient (Wildman–Crippen LogP) is 1.38. The van der Waals surface area contributed by atoms with Gasteiger partial charge >= 0.3 is 0 Å². The van der Waals surface area contributed by atoms with Gasteiger partial charge in [0.05, 0.1) is 14.2 Å². The molecule has 0 saturated carbocycles. The number of nitrogen functional groups attached to an aromatic ring is 1. The molecule has 0 bridgehead atoms. The van der Waals surface area contributed by atoms with Gasteiger partial charge in [0, 0.05) is 17.2 Å². The first-order valence-corrected chi connectivity index (χ1v) is 6.15. The number of ether oxygens (including phenoxy) is 2. The van der Waals surface area contributed by atoms with Crippen molar-refractivity contribution in [2.45, 2.75) is 0 Å². The number of aromatic amines is 1. The minimum Gasteiger partial charge on any atom is -0.497 e. The largest absolute Gasteiger partial charge is 0.497 e. The van der Waals surface area contributed by atoms with Crippen LogP contribution in [0.15, 0.2) is 23.0 Å². The Bertz CT molecular complexity index is 872. The van der Waals surface area contributed by atoms with E-state index in [9.17, 15) is 15.3 Å². The first kappa shape index (κ1) is 14.9. The molecule has 0 aliphatic carbocycles. The van der Waals surface area contributed by atoms with E-state index in [0.29, 0.717) is 17.1 Å². The maximum atomic E-state index is 11.9. The number of hydrogen-bond acceptors (Lipinski definition) is 6. The van der Waals surface area contributed by atoms with Gasteiger partial charge in [-0.15, -0.1) is 0 Å². The molecule has 0 radical (unpaired) electrons. The van der Waals surface area contributed by atoms with Crippen molar-refractivity contribution < 1.29 is 9.47 Å². The summed E-state index contributed by atoms with van der Waals surface area (Å²) in [4.78, 5) is 14.2. The Hall–Kier alpha value is -3.45. The second-order valence-corrected chi connectivity index (χ2v) is 4.28. The molecule has 0 amide bonds. The van der Waals surface area contributed by atoms with Crippen LogP contribution in [0.3, 0.4) is 0 Å². The van der Waals surface area contributed by atoms with Gasteiger partial charge in [0.25, 0.3) is 5.56 Å². The van der Waals surface area contributed by atoms with E-state index in [1.807, 2.05) is 6.07 Å². The molecule has 0 spiro atoms. The van der Waals surface area contributed by atoms with Gasteiger partial charge in [-0.2, -0.15) is 10.5 Å². The summed E-state index contributed by atoms with van der Waals surface area (Å²) in [5.41, 5.74) is 5.40. The quantitative estimate of drug-likeness (QED) is 0.881. The smallest absolute Gasteiger partial charge is 0.268 e. The van der Waals surface area contributed by atoms with Crippen LogP contribution < -0.4 is 20.8 Å². The highest BCUT2D eigenvalue weighted by Crippen LogP contribution is 2.37. The zero-order chi connectivity index (χ0) is 16.3. The average molecular weight is 296 g/mol. The fourth-order valence-corrected chi connectivity index (χ4v) is 2.12. The first-order chi connectivity index (χ1) is 10.6. The van der Waals surface area contributed by atoms with Crippen LogP contribution in [0.1, 0.15) is 11.1 Å². The topological polar surface area (TPSA) is 125 Å². The van der Waals surface area contributed by atoms with Crippen molar-refractivity contribution >= 4 is 5.82 Å². The fraction of sp³-hybridized carbons (Fsp3) is 0.133. The molecule has 1 aromatic carbocycles. The SMILES string of the molecule is COc1ccc(-c2c(C#N)c(N)[nH]c(=O)c2C#N)c(OC)c1. The second kappa shape index (κ2) is 5.90. The summed E-state index contributed by atoms with van der Waals surface area (Å²) in [6.07, 6.45) is 0. The van der Waals surface area contributed by atoms with Crippen molar-refractivity contribution in [3.8, 4) is 34.8 Å². The zero-order valence-corrected chi connectivity index (χ0v) is 11.9. The van der Waals surface area contributed by atoms with Crippen LogP contribution >= 0.6 is 0 Å². The van der Waals surface area contributed by atoms with E-state index in [4.69, 9.17) is 15.2 Å². The third-order valence-electron chi connectivity index (χ3n) is 3.15. The molecule has 0 unspecified atom stereocenters. The highest BCUT2D eigenvalue weighted by atomic mass is 16.5. The van der Waals surface area contributed by atoms with E-state index in [1.165, 1.54) is 14.2 Å². The number of nitrogens with one attached hydrogen (secondary N) is 1. The van der Waals surface area contributed by atoms with Crippen molar-refractivity contribution in [2.24, 2.45) is 0 Å². The first-order valence-electron chi connectivity index (χ1n) is 6.15. The third kappa shape index (κ3) is 2.32. The van der Waals surface area contributed by atoms with Crippen LogP contribution in [-0.2, 0) is 0 Å². The molecular formula is C15H12N4O3. The monoisotopic (exact) mass is 296 g/mol. The molecule has 0 fully saturated rings. The summed E-state index contributed by atoms with van der Waals surface area (Å²) >= 11 is 0. The van der Waals surface area contributed by atoms with E-state index >= 15 is 0 Å². The molecule has 7 heteroatoms. The number of methoxy groups -OCH3 is 2. The Labute approximate surface area is 126 Å². The van der Waals surface area contributed by atoms with Crippen LogP contribution in [0.25, 0.3) is 11.1 Å². The zero-order valence-electron chi connectivity index (χ0n) is 11.9. The molecule has 22 heavy (non-hydrogen) atoms. The minimum atomic E-state index is -0.660. The Morgan fingerprint density at radius 2 is 1.82 bits per heavy atom. The van der Waals surface area contributed by atoms with Gasteiger partial charge in [-0.05, 0) is 12.1 Å². The molecule has 1 heterocycles. The number of nitriles is 2. The molecule has 110 valence electrons. The van der Waals surface area contributed by atoms with Crippen LogP contribution in [0.2, 0.25) is 0 Å². The van der Waals surface area contributed by atoms with E-state index in [0.717, 1.165) is 0 Å². The average Bonchev–Trinajstić information content (AvgIpc) is 2.53. The summed E-state index contributed by atoms with van der Waals surface area (Å²) in [6, 6.07) is 8.55. The standard InChI is InChI=1S/C15H12N4O3/c1-21-8-3-4-9(12(5-8)22-2)13-10(6-16)14(18)19-15(20)11(13)7-17/h3-5H,1-2H3,(H3,18,19,20). The predicted molar refractivity (Wildman–Crippen MR) is 79.4 cm³/mol. The fourth-order valence-electron chi connectivity index (χ4n) is 2.12. The summed E-state index contributed by atoms with van der Waals surface area (Å²) in [6.45, 7) is 0. The Kier molecular flexibility index (Phi) is 4.01. The number of H-pyrrole nitrogens is 1. The summed E-state index contributed by atoms with van der Waals surface area (Å²) < 4.78 is 10.4. The molecule has 0 aliphatic rings. The van der Waals surface area contributed by atoms with Crippen molar-refractivity contribution in [1.29, 1.82) is 10.5 Å². The van der Waals surface area contributed by atoms with Crippen molar-refractivity contribution in [3.05, 3.63) is 39.7 Å². The van der Waals surface area contributed by atoms with Gasteiger partial charge in [-0.1, -0.05) is 0 Å². The molecular weight excluding hydrogens is 284 g/mol. The number of pyridine rings is 1. The molecule has 7 nitrogen and oxygen atoms in total. The van der Waals surface area contributed by atoms with Crippen molar-refractivity contribution in [1.82, 2.24) is 4.98 Å². The maximum Gasteiger partial charge on any atom is 0.268 e. The maximum absolute atomic E-state index is 11.9. The Morgan fingerprint density at radius 1 is 1.14 bits per heavy atom. The molecule has 0 saturated heterocycles. The normalized spacial score (nSPS) is 9.64. The Morgan fingerprint density at radius 3 is 2.36 bits per heavy atom. The van der Waals surface area contributed by atoms with Crippen molar-refractivity contribution in [3.63, 3.8) is 0 Å². The van der Waals surface area contributed by atoms with Crippen LogP contribution in [-0.4, -0.2) is 19.2 Å². The van der Waals surface area contributed by atoms with Crippen molar-refractivity contribution in [2.75, 3.05) is 20.0 Å². The van der Waals surface area contributed by atoms with Gasteiger partial charge in [-0.3, -0.25) is 4.79 Å². The van der Waals surface area contributed by atoms with E-state index in [2.05, 4.69) is 4.98 Å². The van der Waals surface area contributed by atoms with Gasteiger partial charge in [0.15, 0.2) is 0 Å². The second-order valence-electron chi connectivity index (χ2n) is 4.28. The van der Waals surface area contributed by atoms with Crippen LogP contribution in [0, 0.1) is 22.7 Å². The van der Waals surface area contributed by atoms with Crippen LogP contribution in [0.5, 0.6) is 11.5 Å². The highest BCUT2D eigenvalue weighted by molar-refractivity contribution is 5.83. The van der Waals surface area contributed by atoms with E-state index in [1.54, 1.807) is 24.3 Å². The van der Waals surface area contributed by atoms with Gasteiger partial charge in [0.2, 0.25) is 0 Å². The highest BCUT2D eigenvalue weighted by Gasteiger charge is 2.21. The lowest BCUT2D eigenvalue weighted by atomic mass is 9.96.